The van der Waals surface area contributed by atoms with Gasteiger partial charge in [0, 0.05) is 23.0 Å². The van der Waals surface area contributed by atoms with E-state index in [1.165, 1.54) is 4.90 Å². The number of likely N-dealkylation sites (N-methyl/N-ethyl adjacent to an activating group) is 1. The molecule has 1 aliphatic heterocycles. The number of benzene rings is 1. The van der Waals surface area contributed by atoms with Gasteiger partial charge in [0.05, 0.1) is 23.2 Å². The standard InChI is InChI=1S/C30H40N4O7/c1-28(2)11-15(12-29(3,4)33-28)32-17-8-7-13-9-14-10-16-21(34(5)6)24(37)20(27(31)40)26(39)30(16,41)25(38)19(14)23(36)18(13)22(17)35/h7-8,14-16,19-21,32-33,35,41H,9-12H2,1-6H3,(H2,31,40). The van der Waals surface area contributed by atoms with E-state index in [-0.39, 0.29) is 41.3 Å². The summed E-state index contributed by atoms with van der Waals surface area (Å²) < 4.78 is 0. The Morgan fingerprint density at radius 3 is 2.22 bits per heavy atom. The molecule has 6 unspecified atom stereocenters. The lowest BCUT2D eigenvalue weighted by Gasteiger charge is -2.52. The Morgan fingerprint density at radius 2 is 1.66 bits per heavy atom. The van der Waals surface area contributed by atoms with Gasteiger partial charge in [-0.3, -0.25) is 28.9 Å². The van der Waals surface area contributed by atoms with Gasteiger partial charge in [0.2, 0.25) is 5.91 Å². The molecule has 0 aromatic heterocycles. The fourth-order valence-electron chi connectivity index (χ4n) is 8.34. The highest BCUT2D eigenvalue weighted by Crippen LogP contribution is 2.51. The number of ketones is 4. The first-order valence-corrected chi connectivity index (χ1v) is 14.1. The van der Waals surface area contributed by atoms with Gasteiger partial charge in [-0.25, -0.2) is 0 Å². The zero-order valence-electron chi connectivity index (χ0n) is 24.4. The minimum absolute atomic E-state index is 0.000482. The minimum Gasteiger partial charge on any atom is -0.505 e. The highest BCUT2D eigenvalue weighted by atomic mass is 16.3. The van der Waals surface area contributed by atoms with Crippen molar-refractivity contribution in [2.45, 2.75) is 82.1 Å². The van der Waals surface area contributed by atoms with Crippen LogP contribution in [0, 0.1) is 23.7 Å². The smallest absolute Gasteiger partial charge is 0.235 e. The highest BCUT2D eigenvalue weighted by Gasteiger charge is 2.69. The number of carbonyl (C=O) groups is 5. The summed E-state index contributed by atoms with van der Waals surface area (Å²) in [6.07, 6.45) is 1.82. The number of aliphatic hydroxyl groups is 1. The first-order chi connectivity index (χ1) is 18.9. The number of Topliss-reactive ketones (excluding diaryl/α,β-unsaturated/α-hetero) is 4. The van der Waals surface area contributed by atoms with Crippen molar-refractivity contribution >= 4 is 34.7 Å². The Morgan fingerprint density at radius 1 is 1.05 bits per heavy atom. The summed E-state index contributed by atoms with van der Waals surface area (Å²) in [5.41, 5.74) is 3.26. The Bertz CT molecular complexity index is 1350. The first-order valence-electron chi connectivity index (χ1n) is 14.1. The third-order valence-electron chi connectivity index (χ3n) is 9.48. The number of fused-ring (bicyclic) bond motifs is 3. The van der Waals surface area contributed by atoms with Crippen LogP contribution in [0.2, 0.25) is 0 Å². The lowest BCUT2D eigenvalue weighted by atomic mass is 9.52. The van der Waals surface area contributed by atoms with Gasteiger partial charge in [-0.15, -0.1) is 0 Å². The molecule has 0 bridgehead atoms. The highest BCUT2D eigenvalue weighted by molar-refractivity contribution is 6.32. The molecular weight excluding hydrogens is 528 g/mol. The maximum atomic E-state index is 14.0. The first kappa shape index (κ1) is 29.3. The van der Waals surface area contributed by atoms with Gasteiger partial charge >= 0.3 is 0 Å². The summed E-state index contributed by atoms with van der Waals surface area (Å²) in [5, 5.41) is 30.0. The molecule has 2 saturated carbocycles. The van der Waals surface area contributed by atoms with E-state index in [0.29, 0.717) is 11.3 Å². The van der Waals surface area contributed by atoms with E-state index in [9.17, 15) is 34.2 Å². The molecule has 4 aliphatic rings. The maximum absolute atomic E-state index is 14.0. The molecule has 0 spiro atoms. The van der Waals surface area contributed by atoms with Crippen molar-refractivity contribution in [3.05, 3.63) is 23.3 Å². The number of aromatic hydroxyl groups is 1. The number of rotatable bonds is 4. The summed E-state index contributed by atoms with van der Waals surface area (Å²) in [6.45, 7) is 8.43. The number of hydrogen-bond donors (Lipinski definition) is 5. The van der Waals surface area contributed by atoms with Crippen molar-refractivity contribution in [1.29, 1.82) is 0 Å². The predicted molar refractivity (Wildman–Crippen MR) is 149 cm³/mol. The Labute approximate surface area is 239 Å². The molecular formula is C30H40N4O7. The summed E-state index contributed by atoms with van der Waals surface area (Å²) in [5.74, 6) is -10.4. The van der Waals surface area contributed by atoms with Crippen LogP contribution >= 0.6 is 0 Å². The number of phenols is 1. The maximum Gasteiger partial charge on any atom is 0.235 e. The molecule has 1 saturated heterocycles. The quantitative estimate of drug-likeness (QED) is 0.255. The van der Waals surface area contributed by atoms with Crippen molar-refractivity contribution in [3.63, 3.8) is 0 Å². The SMILES string of the molecule is CN(C)C1C(=O)C(C(N)=O)C(=O)C2(O)C(=O)C3C(=O)c4c(ccc(NC5CC(C)(C)NC(C)(C)C5)c4O)CC3CC12. The molecule has 6 atom stereocenters. The van der Waals surface area contributed by atoms with Crippen molar-refractivity contribution in [2.24, 2.45) is 29.4 Å². The van der Waals surface area contributed by atoms with E-state index >= 15 is 0 Å². The van der Waals surface area contributed by atoms with E-state index < -0.39 is 64.4 Å². The number of piperidine rings is 1. The van der Waals surface area contributed by atoms with Gasteiger partial charge in [0.1, 0.15) is 5.75 Å². The van der Waals surface area contributed by atoms with Gasteiger partial charge in [0.15, 0.2) is 34.7 Å². The van der Waals surface area contributed by atoms with Crippen LogP contribution in [-0.4, -0.2) is 87.0 Å². The second-order valence-electron chi connectivity index (χ2n) is 13.9. The second kappa shape index (κ2) is 9.43. The second-order valence-corrected chi connectivity index (χ2v) is 13.9. The van der Waals surface area contributed by atoms with Crippen LogP contribution in [0.1, 0.15) is 62.9 Å². The molecule has 11 nitrogen and oxygen atoms in total. The monoisotopic (exact) mass is 568 g/mol. The summed E-state index contributed by atoms with van der Waals surface area (Å²) in [7, 11) is 3.12. The topological polar surface area (TPSA) is 179 Å². The van der Waals surface area contributed by atoms with Crippen molar-refractivity contribution < 1.29 is 34.2 Å². The number of phenolic OH excluding ortho intramolecular Hbond substituents is 1. The molecule has 5 rings (SSSR count). The van der Waals surface area contributed by atoms with Crippen LogP contribution in [0.4, 0.5) is 5.69 Å². The minimum atomic E-state index is -2.73. The fraction of sp³-hybridized carbons (Fsp3) is 0.633. The summed E-state index contributed by atoms with van der Waals surface area (Å²) >= 11 is 0. The molecule has 41 heavy (non-hydrogen) atoms. The van der Waals surface area contributed by atoms with Crippen LogP contribution in [-0.2, 0) is 25.6 Å². The van der Waals surface area contributed by atoms with Crippen LogP contribution < -0.4 is 16.4 Å². The Balaban J connectivity index is 1.51. The van der Waals surface area contributed by atoms with E-state index in [1.807, 2.05) is 0 Å². The molecule has 3 fully saturated rings. The average Bonchev–Trinajstić information content (AvgIpc) is 2.80. The number of nitrogens with one attached hydrogen (secondary N) is 2. The molecule has 1 aromatic carbocycles. The number of nitrogens with zero attached hydrogens (tertiary/aromatic N) is 1. The Kier molecular flexibility index (Phi) is 6.75. The van der Waals surface area contributed by atoms with Gasteiger partial charge < -0.3 is 26.6 Å². The largest absolute Gasteiger partial charge is 0.505 e. The fourth-order valence-corrected chi connectivity index (χ4v) is 8.34. The molecule has 11 heteroatoms. The lowest BCUT2D eigenvalue weighted by Crippen LogP contribution is -2.74. The number of nitrogens with two attached hydrogens (primary N) is 1. The van der Waals surface area contributed by atoms with Gasteiger partial charge in [0.25, 0.3) is 0 Å². The molecule has 6 N–H and O–H groups in total. The van der Waals surface area contributed by atoms with Gasteiger partial charge in [-0.1, -0.05) is 6.07 Å². The van der Waals surface area contributed by atoms with E-state index in [1.54, 1.807) is 26.2 Å². The van der Waals surface area contributed by atoms with Crippen molar-refractivity contribution in [1.82, 2.24) is 10.2 Å². The number of hydrogen-bond acceptors (Lipinski definition) is 10. The predicted octanol–water partition coefficient (Wildman–Crippen LogP) is 0.588. The number of amides is 1. The van der Waals surface area contributed by atoms with Crippen molar-refractivity contribution in [2.75, 3.05) is 19.4 Å². The Hall–Kier alpha value is -3.15. The lowest BCUT2D eigenvalue weighted by molar-refractivity contribution is -0.181. The molecule has 1 heterocycles. The van der Waals surface area contributed by atoms with Gasteiger partial charge in [-0.05, 0) is 85.0 Å². The van der Waals surface area contributed by atoms with Crippen molar-refractivity contribution in [3.8, 4) is 5.75 Å². The van der Waals surface area contributed by atoms with Crippen LogP contribution in [0.25, 0.3) is 0 Å². The molecule has 222 valence electrons. The molecule has 1 aromatic rings. The summed E-state index contributed by atoms with van der Waals surface area (Å²) in [4.78, 5) is 68.1. The van der Waals surface area contributed by atoms with E-state index in [4.69, 9.17) is 5.73 Å². The van der Waals surface area contributed by atoms with Crippen LogP contribution in [0.15, 0.2) is 12.1 Å². The van der Waals surface area contributed by atoms with E-state index in [2.05, 4.69) is 38.3 Å². The van der Waals surface area contributed by atoms with Crippen LogP contribution in [0.5, 0.6) is 5.75 Å². The number of anilines is 1. The zero-order valence-corrected chi connectivity index (χ0v) is 24.4. The zero-order chi connectivity index (χ0) is 30.4. The van der Waals surface area contributed by atoms with Crippen LogP contribution in [0.3, 0.4) is 0 Å². The third-order valence-corrected chi connectivity index (χ3v) is 9.48. The number of carbonyl (C=O) groups excluding carboxylic acids is 5. The third kappa shape index (κ3) is 4.49. The molecule has 3 aliphatic carbocycles. The normalized spacial score (nSPS) is 34.6. The van der Waals surface area contributed by atoms with E-state index in [0.717, 1.165) is 12.8 Å². The van der Waals surface area contributed by atoms with Gasteiger partial charge in [-0.2, -0.15) is 0 Å². The average molecular weight is 569 g/mol. The summed E-state index contributed by atoms with van der Waals surface area (Å²) in [6, 6.07) is 2.38. The molecule has 1 amide bonds. The number of primary amides is 1. The molecule has 0 radical (unpaired) electrons.